The Labute approximate surface area is 151 Å². The van der Waals surface area contributed by atoms with Crippen LogP contribution in [0.2, 0.25) is 0 Å². The van der Waals surface area contributed by atoms with Gasteiger partial charge in [-0.2, -0.15) is 0 Å². The third-order valence-corrected chi connectivity index (χ3v) is 4.18. The molecule has 128 valence electrons. The van der Waals surface area contributed by atoms with E-state index in [9.17, 15) is 9.59 Å². The van der Waals surface area contributed by atoms with Gasteiger partial charge in [-0.25, -0.2) is 0 Å². The van der Waals surface area contributed by atoms with Crippen LogP contribution in [0.1, 0.15) is 28.8 Å². The molecule has 1 fully saturated rings. The highest BCUT2D eigenvalue weighted by Gasteiger charge is 2.29. The number of thiocarbonyl (C=S) groups is 1. The van der Waals surface area contributed by atoms with Gasteiger partial charge in [0.2, 0.25) is 5.91 Å². The largest absolute Gasteiger partial charge is 0.332 e. The Hall–Kier alpha value is -2.73. The predicted molar refractivity (Wildman–Crippen MR) is 103 cm³/mol. The Kier molecular flexibility index (Phi) is 5.09. The summed E-state index contributed by atoms with van der Waals surface area (Å²) in [7, 11) is 0. The van der Waals surface area contributed by atoms with Gasteiger partial charge in [-0.3, -0.25) is 9.59 Å². The van der Waals surface area contributed by atoms with Gasteiger partial charge in [-0.15, -0.1) is 0 Å². The fourth-order valence-corrected chi connectivity index (χ4v) is 2.60. The van der Waals surface area contributed by atoms with E-state index in [0.717, 1.165) is 24.1 Å². The van der Waals surface area contributed by atoms with Crippen molar-refractivity contribution in [2.24, 2.45) is 5.92 Å². The first kappa shape index (κ1) is 17.1. The van der Waals surface area contributed by atoms with Crippen molar-refractivity contribution in [3.05, 3.63) is 59.7 Å². The molecule has 3 rings (SSSR count). The van der Waals surface area contributed by atoms with Crippen LogP contribution in [0.4, 0.5) is 11.4 Å². The van der Waals surface area contributed by atoms with Gasteiger partial charge in [0.15, 0.2) is 5.11 Å². The number of rotatable bonds is 4. The molecule has 0 heterocycles. The molecule has 0 spiro atoms. The van der Waals surface area contributed by atoms with Crippen LogP contribution in [0.25, 0.3) is 0 Å². The lowest BCUT2D eigenvalue weighted by molar-refractivity contribution is -0.120. The van der Waals surface area contributed by atoms with Crippen LogP contribution < -0.4 is 16.0 Å². The number of amides is 2. The standard InChI is InChI=1S/C19H19N3O2S/c1-12-4-2-3-5-16(12)18(24)20-14-8-10-15(11-9-14)21-19(25)22-17(23)13-6-7-13/h2-5,8-11,13H,6-7H2,1H3,(H,20,24)(H2,21,22,23,25). The Morgan fingerprint density at radius 2 is 1.56 bits per heavy atom. The minimum absolute atomic E-state index is 0.0281. The lowest BCUT2D eigenvalue weighted by atomic mass is 10.1. The monoisotopic (exact) mass is 353 g/mol. The summed E-state index contributed by atoms with van der Waals surface area (Å²) in [6.45, 7) is 1.90. The van der Waals surface area contributed by atoms with Gasteiger partial charge in [-0.1, -0.05) is 18.2 Å². The number of anilines is 2. The smallest absolute Gasteiger partial charge is 0.255 e. The molecule has 2 aromatic rings. The molecule has 1 saturated carbocycles. The summed E-state index contributed by atoms with van der Waals surface area (Å²) in [5, 5.41) is 8.79. The highest BCUT2D eigenvalue weighted by molar-refractivity contribution is 7.80. The fraction of sp³-hybridized carbons (Fsp3) is 0.211. The maximum atomic E-state index is 12.3. The molecule has 1 aliphatic carbocycles. The predicted octanol–water partition coefficient (Wildman–Crippen LogP) is 3.47. The molecule has 0 bridgehead atoms. The number of carbonyl (C=O) groups is 2. The summed E-state index contributed by atoms with van der Waals surface area (Å²) in [4.78, 5) is 24.0. The van der Waals surface area contributed by atoms with Crippen molar-refractivity contribution < 1.29 is 9.59 Å². The highest BCUT2D eigenvalue weighted by atomic mass is 32.1. The molecule has 6 heteroatoms. The average molecular weight is 353 g/mol. The second-order valence-corrected chi connectivity index (χ2v) is 6.47. The first-order valence-corrected chi connectivity index (χ1v) is 8.52. The van der Waals surface area contributed by atoms with E-state index >= 15 is 0 Å². The van der Waals surface area contributed by atoms with Gasteiger partial charge < -0.3 is 16.0 Å². The SMILES string of the molecule is Cc1ccccc1C(=O)Nc1ccc(NC(=S)NC(=O)C2CC2)cc1. The minimum atomic E-state index is -0.147. The highest BCUT2D eigenvalue weighted by Crippen LogP contribution is 2.28. The van der Waals surface area contributed by atoms with Crippen LogP contribution in [0.5, 0.6) is 0 Å². The lowest BCUT2D eigenvalue weighted by Gasteiger charge is -2.11. The number of carbonyl (C=O) groups excluding carboxylic acids is 2. The lowest BCUT2D eigenvalue weighted by Crippen LogP contribution is -2.35. The van der Waals surface area contributed by atoms with Crippen LogP contribution in [0, 0.1) is 12.8 Å². The third-order valence-electron chi connectivity index (χ3n) is 3.98. The number of benzene rings is 2. The molecule has 3 N–H and O–H groups in total. The van der Waals surface area contributed by atoms with Crippen molar-refractivity contribution >= 4 is 40.5 Å². The summed E-state index contributed by atoms with van der Waals surface area (Å²) in [6.07, 6.45) is 1.87. The van der Waals surface area contributed by atoms with E-state index in [1.54, 1.807) is 30.3 Å². The summed E-state index contributed by atoms with van der Waals surface area (Å²) in [5.74, 6) is -0.0653. The van der Waals surface area contributed by atoms with Crippen molar-refractivity contribution in [2.45, 2.75) is 19.8 Å². The molecular weight excluding hydrogens is 334 g/mol. The molecule has 0 unspecified atom stereocenters. The summed E-state index contributed by atoms with van der Waals surface area (Å²) in [5.41, 5.74) is 3.01. The quantitative estimate of drug-likeness (QED) is 0.736. The maximum absolute atomic E-state index is 12.3. The van der Waals surface area contributed by atoms with Gasteiger partial charge in [0.1, 0.15) is 0 Å². The topological polar surface area (TPSA) is 70.2 Å². The van der Waals surface area contributed by atoms with Crippen molar-refractivity contribution in [2.75, 3.05) is 10.6 Å². The molecule has 5 nitrogen and oxygen atoms in total. The zero-order chi connectivity index (χ0) is 17.8. The zero-order valence-electron chi connectivity index (χ0n) is 13.8. The van der Waals surface area contributed by atoms with Crippen molar-refractivity contribution in [3.63, 3.8) is 0 Å². The molecule has 0 saturated heterocycles. The van der Waals surface area contributed by atoms with Crippen molar-refractivity contribution in [1.29, 1.82) is 0 Å². The zero-order valence-corrected chi connectivity index (χ0v) is 14.7. The third kappa shape index (κ3) is 4.64. The first-order valence-electron chi connectivity index (χ1n) is 8.12. The minimum Gasteiger partial charge on any atom is -0.332 e. The normalized spacial score (nSPS) is 13.0. The van der Waals surface area contributed by atoms with E-state index in [2.05, 4.69) is 16.0 Å². The van der Waals surface area contributed by atoms with E-state index in [4.69, 9.17) is 12.2 Å². The van der Waals surface area contributed by atoms with Gasteiger partial charge in [-0.05, 0) is 67.9 Å². The molecular formula is C19H19N3O2S. The Morgan fingerprint density at radius 1 is 0.960 bits per heavy atom. The van der Waals surface area contributed by atoms with Crippen LogP contribution in [0.3, 0.4) is 0 Å². The van der Waals surface area contributed by atoms with Gasteiger partial charge in [0.25, 0.3) is 5.91 Å². The number of aryl methyl sites for hydroxylation is 1. The van der Waals surface area contributed by atoms with Crippen LogP contribution in [-0.4, -0.2) is 16.9 Å². The Balaban J connectivity index is 1.56. The molecule has 2 amide bonds. The van der Waals surface area contributed by atoms with Gasteiger partial charge in [0.05, 0.1) is 0 Å². The number of hydrogen-bond donors (Lipinski definition) is 3. The van der Waals surface area contributed by atoms with E-state index in [1.807, 2.05) is 25.1 Å². The molecule has 2 aromatic carbocycles. The second-order valence-electron chi connectivity index (χ2n) is 6.06. The summed E-state index contributed by atoms with van der Waals surface area (Å²) >= 11 is 5.13. The Morgan fingerprint density at radius 3 is 2.16 bits per heavy atom. The van der Waals surface area contributed by atoms with E-state index in [-0.39, 0.29) is 22.8 Å². The molecule has 1 aliphatic rings. The van der Waals surface area contributed by atoms with Crippen LogP contribution in [0.15, 0.2) is 48.5 Å². The Bertz CT molecular complexity index is 814. The fourth-order valence-electron chi connectivity index (χ4n) is 2.38. The van der Waals surface area contributed by atoms with Crippen LogP contribution >= 0.6 is 12.2 Å². The maximum Gasteiger partial charge on any atom is 0.255 e. The average Bonchev–Trinajstić information content (AvgIpc) is 3.42. The van der Waals surface area contributed by atoms with E-state index in [0.29, 0.717) is 11.3 Å². The molecule has 0 atom stereocenters. The first-order chi connectivity index (χ1) is 12.0. The van der Waals surface area contributed by atoms with Gasteiger partial charge in [0, 0.05) is 22.9 Å². The summed E-state index contributed by atoms with van der Waals surface area (Å²) in [6, 6.07) is 14.6. The number of hydrogen-bond acceptors (Lipinski definition) is 3. The number of nitrogens with one attached hydrogen (secondary N) is 3. The van der Waals surface area contributed by atoms with Crippen molar-refractivity contribution in [3.8, 4) is 0 Å². The van der Waals surface area contributed by atoms with Crippen molar-refractivity contribution in [1.82, 2.24) is 5.32 Å². The van der Waals surface area contributed by atoms with E-state index in [1.165, 1.54) is 0 Å². The summed E-state index contributed by atoms with van der Waals surface area (Å²) < 4.78 is 0. The molecule has 0 aromatic heterocycles. The van der Waals surface area contributed by atoms with Crippen LogP contribution in [-0.2, 0) is 4.79 Å². The van der Waals surface area contributed by atoms with Gasteiger partial charge >= 0.3 is 0 Å². The second kappa shape index (κ2) is 7.44. The molecule has 25 heavy (non-hydrogen) atoms. The van der Waals surface area contributed by atoms with E-state index < -0.39 is 0 Å². The molecule has 0 radical (unpaired) electrons. The molecule has 0 aliphatic heterocycles.